The third-order valence-corrected chi connectivity index (χ3v) is 13.9. The molecular formula is C51H86O19P2. The maximum Gasteiger partial charge on any atom is 0.472 e. The number of fused-ring (bicyclic) bond motifs is 4. The first kappa shape index (κ1) is 65.4. The van der Waals surface area contributed by atoms with Crippen molar-refractivity contribution in [2.45, 2.75) is 210 Å². The van der Waals surface area contributed by atoms with Crippen LogP contribution in [0.1, 0.15) is 149 Å². The molecule has 19 nitrogen and oxygen atoms in total. The number of carbonyl (C=O) groups excluding carboxylic acids is 2. The monoisotopic (exact) mass is 1060 g/mol. The number of unbranched alkanes of at least 4 members (excludes halogenated alkanes) is 5. The van der Waals surface area contributed by atoms with Crippen LogP contribution in [0.3, 0.4) is 0 Å². The minimum absolute atomic E-state index is 0.0202. The fourth-order valence-electron chi connectivity index (χ4n) is 8.32. The Morgan fingerprint density at radius 2 is 1.40 bits per heavy atom. The predicted octanol–water partition coefficient (Wildman–Crippen LogP) is 6.78. The van der Waals surface area contributed by atoms with Gasteiger partial charge < -0.3 is 59.9 Å². The molecule has 1 aliphatic carbocycles. The highest BCUT2D eigenvalue weighted by atomic mass is 31.2. The zero-order chi connectivity index (χ0) is 53.4. The Morgan fingerprint density at radius 1 is 0.778 bits per heavy atom. The molecule has 2 fully saturated rings. The van der Waals surface area contributed by atoms with Crippen LogP contribution in [-0.4, -0.2) is 137 Å². The van der Waals surface area contributed by atoms with Gasteiger partial charge in [0.25, 0.3) is 0 Å². The highest BCUT2D eigenvalue weighted by Crippen LogP contribution is 2.50. The van der Waals surface area contributed by atoms with Crippen molar-refractivity contribution in [3.63, 3.8) is 0 Å². The van der Waals surface area contributed by atoms with Crippen LogP contribution in [0, 0.1) is 11.8 Å². The van der Waals surface area contributed by atoms with Gasteiger partial charge in [-0.05, 0) is 70.6 Å². The van der Waals surface area contributed by atoms with Crippen molar-refractivity contribution in [1.82, 2.24) is 0 Å². The molecule has 0 aromatic carbocycles. The molecule has 1 aliphatic heterocycles. The Morgan fingerprint density at radius 3 is 2.03 bits per heavy atom. The van der Waals surface area contributed by atoms with Crippen LogP contribution in [0.25, 0.3) is 0 Å². The Labute approximate surface area is 426 Å². The van der Waals surface area contributed by atoms with E-state index in [1.165, 1.54) is 6.08 Å². The fourth-order valence-corrected chi connectivity index (χ4v) is 9.85. The molecule has 1 unspecified atom stereocenters. The van der Waals surface area contributed by atoms with Crippen molar-refractivity contribution in [2.24, 2.45) is 11.8 Å². The molecule has 0 aromatic heterocycles. The molecule has 414 valence electrons. The average Bonchev–Trinajstić information content (AvgIpc) is 3.32. The number of phosphoric acid groups is 2. The number of phosphoric ester groups is 2. The van der Waals surface area contributed by atoms with Crippen LogP contribution in [-0.2, 0) is 41.8 Å². The lowest BCUT2D eigenvalue weighted by molar-refractivity contribution is -0.166. The molecule has 2 bridgehead atoms. The Kier molecular flexibility index (Phi) is 33.7. The molecule has 10 N–H and O–H groups in total. The molecule has 1 saturated carbocycles. The number of esters is 2. The number of carbonyl (C=O) groups is 2. The first-order valence-electron chi connectivity index (χ1n) is 25.7. The van der Waals surface area contributed by atoms with Gasteiger partial charge in [0.15, 0.2) is 6.10 Å². The number of hydrogen-bond donors (Lipinski definition) is 10. The van der Waals surface area contributed by atoms with Gasteiger partial charge in [0.2, 0.25) is 0 Å². The molecule has 21 heteroatoms. The summed E-state index contributed by atoms with van der Waals surface area (Å²) in [7, 11) is -11.4. The van der Waals surface area contributed by atoms with Crippen molar-refractivity contribution in [1.29, 1.82) is 0 Å². The van der Waals surface area contributed by atoms with Gasteiger partial charge in [-0.1, -0.05) is 132 Å². The highest BCUT2D eigenvalue weighted by Gasteiger charge is 2.51. The molecule has 2 rings (SSSR count). The van der Waals surface area contributed by atoms with Gasteiger partial charge >= 0.3 is 27.6 Å². The molecular weight excluding hydrogens is 978 g/mol. The quantitative estimate of drug-likeness (QED) is 0.0195. The Bertz CT molecular complexity index is 1780. The Balaban J connectivity index is 2.21. The predicted molar refractivity (Wildman–Crippen MR) is 271 cm³/mol. The van der Waals surface area contributed by atoms with Crippen LogP contribution in [0.5, 0.6) is 0 Å². The smallest absolute Gasteiger partial charge is 0.462 e. The van der Waals surface area contributed by atoms with E-state index >= 15 is 0 Å². The number of hydrogen-bond acceptors (Lipinski definition) is 16. The number of rotatable bonds is 25. The van der Waals surface area contributed by atoms with E-state index in [-0.39, 0.29) is 32.1 Å². The minimum Gasteiger partial charge on any atom is -0.462 e. The highest BCUT2D eigenvalue weighted by molar-refractivity contribution is 7.47. The second-order valence-corrected chi connectivity index (χ2v) is 21.1. The molecule has 0 amide bonds. The average molecular weight is 1070 g/mol. The van der Waals surface area contributed by atoms with Crippen LogP contribution in [0.4, 0.5) is 0 Å². The lowest BCUT2D eigenvalue weighted by Crippen LogP contribution is -2.56. The first-order chi connectivity index (χ1) is 34.3. The maximum atomic E-state index is 13.7. The largest absolute Gasteiger partial charge is 0.472 e. The lowest BCUT2D eigenvalue weighted by atomic mass is 9.82. The molecule has 0 aromatic rings. The number of allylic oxidation sites excluding steroid dienone is 10. The first-order valence-corrected chi connectivity index (χ1v) is 28.8. The summed E-state index contributed by atoms with van der Waals surface area (Å²) in [6, 6.07) is 0. The summed E-state index contributed by atoms with van der Waals surface area (Å²) in [6.45, 7) is 2.47. The maximum absolute atomic E-state index is 13.7. The molecule has 72 heavy (non-hydrogen) atoms. The van der Waals surface area contributed by atoms with E-state index in [1.54, 1.807) is 0 Å². The standard InChI is InChI=1S/C51H86O19P2/c1-3-5-7-8-9-10-11-12-13-14-15-16-17-18-19-20-21-22-27-31-44(55)66-36-39-37-67-72(64,65)70-51-49(60)48(59)46(57)40(30-26-23-24-28-32-45(56)68-39)42(53)35-43(54)41(34-33-38(52)29-25-6-4-2)47(58)50(51)69-71(61,62)63/h5,7,9-10,12-13,15-16,18-19,33-34,38-43,46-54,57-60H,3-4,6,8,11,14,17,20-32,35-37H2,1-2H3,(H,64,65)(H2,61,62,63)/b7-5-,10-9-,13-12-,16-15-,19-18-,34-33+/t38-,39+,40-,41-,42-,43+,46+,47+,48-,49+,50+,51-/m0/s1. The van der Waals surface area contributed by atoms with E-state index in [0.717, 1.165) is 63.9 Å². The van der Waals surface area contributed by atoms with E-state index in [4.69, 9.17) is 23.0 Å². The fraction of sp³-hybridized carbons (Fsp3) is 0.725. The minimum atomic E-state index is -5.76. The third kappa shape index (κ3) is 28.3. The lowest BCUT2D eigenvalue weighted by Gasteiger charge is -2.39. The normalized spacial score (nSPS) is 30.9. The van der Waals surface area contributed by atoms with Crippen LogP contribution in [0.15, 0.2) is 72.9 Å². The molecule has 13 atom stereocenters. The second kappa shape index (κ2) is 37.1. The van der Waals surface area contributed by atoms with Crippen molar-refractivity contribution in [2.75, 3.05) is 13.2 Å². The van der Waals surface area contributed by atoms with Crippen LogP contribution in [0.2, 0.25) is 0 Å². The third-order valence-electron chi connectivity index (χ3n) is 12.4. The summed E-state index contributed by atoms with van der Waals surface area (Å²) in [5, 5.41) is 79.9. The van der Waals surface area contributed by atoms with Gasteiger partial charge in [0.05, 0.1) is 37.1 Å². The summed E-state index contributed by atoms with van der Waals surface area (Å²) in [6.07, 6.45) is 13.4. The molecule has 2 aliphatic rings. The van der Waals surface area contributed by atoms with E-state index in [9.17, 15) is 69.1 Å². The second-order valence-electron chi connectivity index (χ2n) is 18.5. The SMILES string of the molecule is CC/C=C\C/C=C\C/C=C\C/C=C\C/C=C\CCCCCC(=O)OC[C@@H]1COP(=O)(O)O[C@H]2[C@H](O)[C@@H](O)[C@H](O)[C@@H](CCCCCCC(=O)O1)[C@@H](O)C[C@@H](O)[C@H](/C=C/[C@@H](O)CCCCC)[C@@H](O)[C@H]2OP(=O)(O)O. The van der Waals surface area contributed by atoms with Gasteiger partial charge in [0, 0.05) is 31.1 Å². The zero-order valence-corrected chi connectivity index (χ0v) is 43.9. The van der Waals surface area contributed by atoms with E-state index < -0.39 is 120 Å². The summed E-state index contributed by atoms with van der Waals surface area (Å²) in [5.41, 5.74) is 0. The van der Waals surface area contributed by atoms with E-state index in [2.05, 4.69) is 67.7 Å². The van der Waals surface area contributed by atoms with Crippen molar-refractivity contribution >= 4 is 27.6 Å². The number of cyclic esters (lactones) is 1. The zero-order valence-electron chi connectivity index (χ0n) is 42.2. The summed E-state index contributed by atoms with van der Waals surface area (Å²) in [5.74, 6) is -4.41. The van der Waals surface area contributed by atoms with Crippen LogP contribution < -0.4 is 0 Å². The van der Waals surface area contributed by atoms with Gasteiger partial charge in [-0.3, -0.25) is 23.2 Å². The number of ether oxygens (including phenoxy) is 2. The summed E-state index contributed by atoms with van der Waals surface area (Å²) in [4.78, 5) is 56.8. The van der Waals surface area contributed by atoms with Crippen molar-refractivity contribution in [3.8, 4) is 0 Å². The van der Waals surface area contributed by atoms with Gasteiger partial charge in [0.1, 0.15) is 31.0 Å². The van der Waals surface area contributed by atoms with Crippen molar-refractivity contribution in [3.05, 3.63) is 72.9 Å². The van der Waals surface area contributed by atoms with Gasteiger partial charge in [-0.25, -0.2) is 9.13 Å². The topological polar surface area (TPSA) is 317 Å². The van der Waals surface area contributed by atoms with Gasteiger partial charge in [-0.15, -0.1) is 0 Å². The molecule has 1 saturated heterocycles. The molecule has 1 heterocycles. The number of aliphatic hydroxyl groups excluding tert-OH is 7. The van der Waals surface area contributed by atoms with Crippen LogP contribution >= 0.6 is 15.6 Å². The summed E-state index contributed by atoms with van der Waals surface area (Å²) < 4.78 is 52.3. The van der Waals surface area contributed by atoms with Crippen molar-refractivity contribution < 1.29 is 92.2 Å². The number of aliphatic hydroxyl groups is 7. The Hall–Kier alpha value is -2.68. The molecule has 0 radical (unpaired) electrons. The molecule has 0 spiro atoms. The van der Waals surface area contributed by atoms with E-state index in [1.807, 2.05) is 6.92 Å². The van der Waals surface area contributed by atoms with E-state index in [0.29, 0.717) is 38.5 Å². The van der Waals surface area contributed by atoms with Gasteiger partial charge in [-0.2, -0.15) is 0 Å². The summed E-state index contributed by atoms with van der Waals surface area (Å²) >= 11 is 0.